The van der Waals surface area contributed by atoms with Crippen LogP contribution in [0.25, 0.3) is 22.2 Å². The predicted octanol–water partition coefficient (Wildman–Crippen LogP) is 6.48. The van der Waals surface area contributed by atoms with Gasteiger partial charge >= 0.3 is 6.18 Å². The monoisotopic (exact) mass is 388 g/mol. The third kappa shape index (κ3) is 4.41. The van der Waals surface area contributed by atoms with Crippen LogP contribution in [0.4, 0.5) is 13.2 Å². The molecule has 0 aliphatic rings. The van der Waals surface area contributed by atoms with Crippen molar-refractivity contribution in [2.24, 2.45) is 5.73 Å². The number of H-pyrrole nitrogens is 1. The first-order chi connectivity index (χ1) is 13.5. The molecule has 3 rings (SSSR count). The number of hydrogen-bond acceptors (Lipinski definition) is 1. The highest BCUT2D eigenvalue weighted by atomic mass is 19.4. The fraction of sp³-hybridized carbons (Fsp3) is 0.391. The van der Waals surface area contributed by atoms with E-state index in [9.17, 15) is 13.2 Å². The van der Waals surface area contributed by atoms with Crippen molar-refractivity contribution in [2.75, 3.05) is 6.54 Å². The van der Waals surface area contributed by atoms with E-state index in [1.54, 1.807) is 6.07 Å². The Balaban J connectivity index is 2.13. The Hall–Kier alpha value is -2.27. The van der Waals surface area contributed by atoms with Crippen molar-refractivity contribution in [1.82, 2.24) is 4.98 Å². The summed E-state index contributed by atoms with van der Waals surface area (Å²) in [6.45, 7) is 2.77. The van der Waals surface area contributed by atoms with Gasteiger partial charge in [-0.05, 0) is 67.5 Å². The average molecular weight is 388 g/mol. The number of aromatic amines is 1. The van der Waals surface area contributed by atoms with E-state index in [4.69, 9.17) is 5.73 Å². The minimum Gasteiger partial charge on any atom is -0.354 e. The van der Waals surface area contributed by atoms with E-state index in [2.05, 4.69) is 24.0 Å². The first-order valence-corrected chi connectivity index (χ1v) is 9.95. The lowest BCUT2D eigenvalue weighted by Crippen LogP contribution is -2.04. The van der Waals surface area contributed by atoms with Crippen LogP contribution in [0.3, 0.4) is 0 Å². The summed E-state index contributed by atoms with van der Waals surface area (Å²) in [6, 6.07) is 11.8. The molecule has 2 nitrogen and oxygen atoms in total. The Morgan fingerprint density at radius 1 is 0.964 bits per heavy atom. The van der Waals surface area contributed by atoms with Gasteiger partial charge in [-0.1, -0.05) is 43.7 Å². The largest absolute Gasteiger partial charge is 0.416 e. The standard InChI is InChI=1S/C23H27F3N2/c1-2-3-8-16-9-7-13-20-19(12-4-5-14-27)22(28-21(16)20)17-10-6-11-18(15-17)23(24,25)26/h6-7,9-11,13,15,28H,2-5,8,12,14,27H2,1H3. The molecule has 2 aromatic carbocycles. The van der Waals surface area contributed by atoms with E-state index in [0.717, 1.165) is 66.8 Å². The molecule has 3 N–H and O–H groups in total. The number of halogens is 3. The van der Waals surface area contributed by atoms with E-state index in [1.165, 1.54) is 17.7 Å². The van der Waals surface area contributed by atoms with Crippen LogP contribution in [0, 0.1) is 0 Å². The van der Waals surface area contributed by atoms with E-state index >= 15 is 0 Å². The van der Waals surface area contributed by atoms with Gasteiger partial charge in [-0.15, -0.1) is 0 Å². The van der Waals surface area contributed by atoms with Crippen LogP contribution in [-0.4, -0.2) is 11.5 Å². The van der Waals surface area contributed by atoms with Crippen LogP contribution in [0.1, 0.15) is 49.3 Å². The third-order valence-corrected chi connectivity index (χ3v) is 5.19. The second-order valence-electron chi connectivity index (χ2n) is 7.25. The maximum atomic E-state index is 13.2. The van der Waals surface area contributed by atoms with Crippen LogP contribution >= 0.6 is 0 Å². The Morgan fingerprint density at radius 2 is 1.75 bits per heavy atom. The Labute approximate surface area is 164 Å². The van der Waals surface area contributed by atoms with Gasteiger partial charge < -0.3 is 10.7 Å². The summed E-state index contributed by atoms with van der Waals surface area (Å²) < 4.78 is 39.6. The molecule has 0 aliphatic heterocycles. The summed E-state index contributed by atoms with van der Waals surface area (Å²) in [5, 5.41) is 1.11. The van der Waals surface area contributed by atoms with Crippen molar-refractivity contribution in [3.05, 3.63) is 59.2 Å². The number of nitrogens with one attached hydrogen (secondary N) is 1. The molecular weight excluding hydrogens is 361 g/mol. The number of aromatic nitrogens is 1. The highest BCUT2D eigenvalue weighted by molar-refractivity contribution is 5.93. The minimum atomic E-state index is -4.35. The summed E-state index contributed by atoms with van der Waals surface area (Å²) in [4.78, 5) is 3.46. The molecule has 0 amide bonds. The minimum absolute atomic E-state index is 0.579. The lowest BCUT2D eigenvalue weighted by molar-refractivity contribution is -0.137. The first kappa shape index (κ1) is 20.5. The zero-order chi connectivity index (χ0) is 20.1. The van der Waals surface area contributed by atoms with E-state index < -0.39 is 11.7 Å². The lowest BCUT2D eigenvalue weighted by Gasteiger charge is -2.10. The maximum absolute atomic E-state index is 13.2. The van der Waals surface area contributed by atoms with Crippen molar-refractivity contribution in [3.8, 4) is 11.3 Å². The van der Waals surface area contributed by atoms with Gasteiger partial charge in [0, 0.05) is 16.6 Å². The quantitative estimate of drug-likeness (QED) is 0.426. The van der Waals surface area contributed by atoms with Crippen molar-refractivity contribution >= 4 is 10.9 Å². The lowest BCUT2D eigenvalue weighted by atomic mass is 9.97. The molecular formula is C23H27F3N2. The van der Waals surface area contributed by atoms with E-state index in [-0.39, 0.29) is 0 Å². The fourth-order valence-electron chi connectivity index (χ4n) is 3.71. The van der Waals surface area contributed by atoms with Crippen LogP contribution in [0.2, 0.25) is 0 Å². The van der Waals surface area contributed by atoms with Gasteiger partial charge in [-0.25, -0.2) is 0 Å². The molecule has 0 bridgehead atoms. The number of fused-ring (bicyclic) bond motifs is 1. The topological polar surface area (TPSA) is 41.8 Å². The molecule has 0 atom stereocenters. The van der Waals surface area contributed by atoms with Gasteiger partial charge in [0.05, 0.1) is 5.56 Å². The highest BCUT2D eigenvalue weighted by Gasteiger charge is 2.30. The molecule has 0 radical (unpaired) electrons. The third-order valence-electron chi connectivity index (χ3n) is 5.19. The van der Waals surface area contributed by atoms with Crippen LogP contribution in [-0.2, 0) is 19.0 Å². The molecule has 0 saturated heterocycles. The zero-order valence-corrected chi connectivity index (χ0v) is 16.2. The molecule has 1 aromatic heterocycles. The smallest absolute Gasteiger partial charge is 0.354 e. The summed E-state index contributed by atoms with van der Waals surface area (Å²) >= 11 is 0. The van der Waals surface area contributed by atoms with Crippen molar-refractivity contribution in [3.63, 3.8) is 0 Å². The number of rotatable bonds is 8. The Morgan fingerprint density at radius 3 is 2.46 bits per heavy atom. The summed E-state index contributed by atoms with van der Waals surface area (Å²) in [6.07, 6.45) is 1.38. The number of hydrogen-bond donors (Lipinski definition) is 2. The summed E-state index contributed by atoms with van der Waals surface area (Å²) in [5.41, 5.74) is 9.75. The molecule has 1 heterocycles. The van der Waals surface area contributed by atoms with Gasteiger partial charge in [0.1, 0.15) is 0 Å². The number of para-hydroxylation sites is 1. The van der Waals surface area contributed by atoms with Gasteiger partial charge in [0.2, 0.25) is 0 Å². The van der Waals surface area contributed by atoms with Gasteiger partial charge in [-0.2, -0.15) is 13.2 Å². The molecule has 0 fully saturated rings. The van der Waals surface area contributed by atoms with E-state index in [1.807, 2.05) is 6.07 Å². The van der Waals surface area contributed by atoms with Crippen molar-refractivity contribution in [2.45, 2.75) is 51.6 Å². The number of alkyl halides is 3. The van der Waals surface area contributed by atoms with Gasteiger partial charge in [0.25, 0.3) is 0 Å². The number of aryl methyl sites for hydroxylation is 2. The average Bonchev–Trinajstić information content (AvgIpc) is 3.05. The zero-order valence-electron chi connectivity index (χ0n) is 16.2. The molecule has 0 spiro atoms. The molecule has 0 aliphatic carbocycles. The summed E-state index contributed by atoms with van der Waals surface area (Å²) in [5.74, 6) is 0. The van der Waals surface area contributed by atoms with E-state index in [0.29, 0.717) is 12.1 Å². The molecule has 3 aromatic rings. The van der Waals surface area contributed by atoms with Crippen molar-refractivity contribution in [1.29, 1.82) is 0 Å². The molecule has 0 unspecified atom stereocenters. The predicted molar refractivity (Wildman–Crippen MR) is 109 cm³/mol. The normalized spacial score (nSPS) is 12.0. The molecule has 0 saturated carbocycles. The molecule has 150 valence electrons. The Kier molecular flexibility index (Phi) is 6.45. The molecule has 28 heavy (non-hydrogen) atoms. The first-order valence-electron chi connectivity index (χ1n) is 9.95. The SMILES string of the molecule is CCCCc1cccc2c(CCCCN)c(-c3cccc(C(F)(F)F)c3)[nH]c12. The highest BCUT2D eigenvalue weighted by Crippen LogP contribution is 2.36. The van der Waals surface area contributed by atoms with Gasteiger partial charge in [0.15, 0.2) is 0 Å². The number of nitrogens with two attached hydrogens (primary N) is 1. The second kappa shape index (κ2) is 8.82. The number of unbranched alkanes of at least 4 members (excludes halogenated alkanes) is 2. The van der Waals surface area contributed by atoms with Gasteiger partial charge in [-0.3, -0.25) is 0 Å². The summed E-state index contributed by atoms with van der Waals surface area (Å²) in [7, 11) is 0. The van der Waals surface area contributed by atoms with Crippen LogP contribution < -0.4 is 5.73 Å². The van der Waals surface area contributed by atoms with Crippen LogP contribution in [0.15, 0.2) is 42.5 Å². The fourth-order valence-corrected chi connectivity index (χ4v) is 3.71. The second-order valence-corrected chi connectivity index (χ2v) is 7.25. The van der Waals surface area contributed by atoms with Crippen LogP contribution in [0.5, 0.6) is 0 Å². The number of benzene rings is 2. The maximum Gasteiger partial charge on any atom is 0.416 e. The van der Waals surface area contributed by atoms with Crippen molar-refractivity contribution < 1.29 is 13.2 Å². The molecule has 5 heteroatoms. The Bertz CT molecular complexity index is 925.